The third kappa shape index (κ3) is 7.74. The zero-order chi connectivity index (χ0) is 27.1. The molecular weight excluding hydrogens is 543 g/mol. The molecule has 2 saturated heterocycles. The van der Waals surface area contributed by atoms with Crippen LogP contribution in [0.4, 0.5) is 5.82 Å². The molecule has 0 aliphatic carbocycles. The normalized spacial score (nSPS) is 20.4. The number of likely N-dealkylation sites (tertiary alicyclic amines) is 1. The Balaban J connectivity index is 1.25. The number of piperazine rings is 1. The Hall–Kier alpha value is -2.07. The fourth-order valence-electron chi connectivity index (χ4n) is 5.05. The standard InChI is InChI=1S/C27H36Cl2N6O2S/c1-19-8-5-6-12-33(19)13-7-11-30-25(36)18-38-27-31-23(29)16-24(32-27)34-14-15-35(20(2)17-34)26(37)21-9-3-4-10-22(21)28/h3-4,9-10,16,19-20H,5-8,11-15,17-18H2,1-2H3,(H,30,36). The Labute approximate surface area is 239 Å². The van der Waals surface area contributed by atoms with Gasteiger partial charge in [-0.15, -0.1) is 0 Å². The first kappa shape index (κ1) is 28.9. The lowest BCUT2D eigenvalue weighted by atomic mass is 10.0. The maximum absolute atomic E-state index is 13.1. The zero-order valence-electron chi connectivity index (χ0n) is 22.0. The Morgan fingerprint density at radius 2 is 1.89 bits per heavy atom. The van der Waals surface area contributed by atoms with E-state index in [1.54, 1.807) is 18.2 Å². The molecule has 8 nitrogen and oxygen atoms in total. The van der Waals surface area contributed by atoms with Crippen LogP contribution in [0.3, 0.4) is 0 Å². The number of thioether (sulfide) groups is 1. The smallest absolute Gasteiger partial charge is 0.255 e. The van der Waals surface area contributed by atoms with Crippen LogP contribution in [0.25, 0.3) is 0 Å². The van der Waals surface area contributed by atoms with Crippen molar-refractivity contribution in [1.29, 1.82) is 0 Å². The number of amides is 2. The highest BCUT2D eigenvalue weighted by molar-refractivity contribution is 7.99. The third-order valence-corrected chi connectivity index (χ3v) is 8.57. The van der Waals surface area contributed by atoms with Gasteiger partial charge in [0.15, 0.2) is 5.16 Å². The molecule has 1 aromatic carbocycles. The number of aromatic nitrogens is 2. The van der Waals surface area contributed by atoms with Gasteiger partial charge in [-0.25, -0.2) is 9.97 Å². The molecule has 2 amide bonds. The highest BCUT2D eigenvalue weighted by atomic mass is 35.5. The SMILES string of the molecule is CC1CCCCN1CCCNC(=O)CSc1nc(Cl)cc(N2CCN(C(=O)c3ccccc3Cl)C(C)C2)n1. The number of hydrogen-bond acceptors (Lipinski definition) is 7. The van der Waals surface area contributed by atoms with Crippen molar-refractivity contribution in [3.8, 4) is 0 Å². The summed E-state index contributed by atoms with van der Waals surface area (Å²) in [5, 5.41) is 4.26. The molecule has 1 aromatic heterocycles. The van der Waals surface area contributed by atoms with E-state index in [9.17, 15) is 9.59 Å². The number of piperidine rings is 1. The second kappa shape index (κ2) is 13.8. The molecule has 2 aliphatic rings. The molecule has 0 radical (unpaired) electrons. The summed E-state index contributed by atoms with van der Waals surface area (Å²) in [6, 6.07) is 9.44. The number of halogens is 2. The van der Waals surface area contributed by atoms with Crippen LogP contribution in [0.5, 0.6) is 0 Å². The van der Waals surface area contributed by atoms with Crippen LogP contribution in [0.15, 0.2) is 35.5 Å². The van der Waals surface area contributed by atoms with Crippen LogP contribution in [-0.2, 0) is 4.79 Å². The van der Waals surface area contributed by atoms with Gasteiger partial charge in [-0.2, -0.15) is 0 Å². The zero-order valence-corrected chi connectivity index (χ0v) is 24.4. The number of benzene rings is 1. The van der Waals surface area contributed by atoms with Crippen molar-refractivity contribution in [1.82, 2.24) is 25.1 Å². The van der Waals surface area contributed by atoms with E-state index < -0.39 is 0 Å². The number of hydrogen-bond donors (Lipinski definition) is 1. The van der Waals surface area contributed by atoms with Crippen molar-refractivity contribution < 1.29 is 9.59 Å². The Bertz CT molecular complexity index is 1120. The van der Waals surface area contributed by atoms with E-state index in [-0.39, 0.29) is 23.6 Å². The summed E-state index contributed by atoms with van der Waals surface area (Å²) >= 11 is 13.8. The average molecular weight is 580 g/mol. The minimum atomic E-state index is -0.0730. The molecule has 1 N–H and O–H groups in total. The highest BCUT2D eigenvalue weighted by Gasteiger charge is 2.30. The molecule has 4 rings (SSSR count). The summed E-state index contributed by atoms with van der Waals surface area (Å²) in [4.78, 5) is 40.9. The molecule has 0 bridgehead atoms. The van der Waals surface area contributed by atoms with E-state index in [0.717, 1.165) is 19.5 Å². The van der Waals surface area contributed by atoms with Crippen molar-refractivity contribution in [3.05, 3.63) is 46.1 Å². The number of rotatable bonds is 9. The van der Waals surface area contributed by atoms with Gasteiger partial charge in [0.2, 0.25) is 5.91 Å². The maximum Gasteiger partial charge on any atom is 0.255 e. The summed E-state index contributed by atoms with van der Waals surface area (Å²) in [6.07, 6.45) is 4.79. The fraction of sp³-hybridized carbons (Fsp3) is 0.556. The van der Waals surface area contributed by atoms with Gasteiger partial charge in [-0.1, -0.05) is 53.5 Å². The first-order valence-electron chi connectivity index (χ1n) is 13.3. The first-order chi connectivity index (χ1) is 18.3. The van der Waals surface area contributed by atoms with E-state index >= 15 is 0 Å². The molecule has 2 aromatic rings. The molecule has 11 heteroatoms. The van der Waals surface area contributed by atoms with Crippen LogP contribution in [-0.4, -0.2) is 88.7 Å². The average Bonchev–Trinajstić information content (AvgIpc) is 2.90. The Morgan fingerprint density at radius 1 is 1.08 bits per heavy atom. The third-order valence-electron chi connectivity index (χ3n) is 7.19. The van der Waals surface area contributed by atoms with Crippen molar-refractivity contribution in [3.63, 3.8) is 0 Å². The van der Waals surface area contributed by atoms with Gasteiger partial charge in [0.1, 0.15) is 11.0 Å². The minimum Gasteiger partial charge on any atom is -0.355 e. The largest absolute Gasteiger partial charge is 0.355 e. The summed E-state index contributed by atoms with van der Waals surface area (Å²) < 4.78 is 0. The van der Waals surface area contributed by atoms with Crippen LogP contribution in [0.1, 0.15) is 49.9 Å². The molecular formula is C27H36Cl2N6O2S. The minimum absolute atomic E-state index is 0.0351. The number of carbonyl (C=O) groups excluding carboxylic acids is 2. The number of nitrogens with zero attached hydrogens (tertiary/aromatic N) is 5. The van der Waals surface area contributed by atoms with Crippen molar-refractivity contribution >= 4 is 52.6 Å². The molecule has 206 valence electrons. The van der Waals surface area contributed by atoms with Crippen molar-refractivity contribution in [2.45, 2.75) is 56.8 Å². The van der Waals surface area contributed by atoms with Crippen LogP contribution in [0.2, 0.25) is 10.2 Å². The van der Waals surface area contributed by atoms with Crippen LogP contribution in [0, 0.1) is 0 Å². The fourth-order valence-corrected chi connectivity index (χ4v) is 6.18. The molecule has 0 saturated carbocycles. The topological polar surface area (TPSA) is 81.7 Å². The van der Waals surface area contributed by atoms with Crippen LogP contribution < -0.4 is 10.2 Å². The van der Waals surface area contributed by atoms with E-state index in [0.29, 0.717) is 58.9 Å². The molecule has 3 heterocycles. The second-order valence-electron chi connectivity index (χ2n) is 9.98. The van der Waals surface area contributed by atoms with Gasteiger partial charge >= 0.3 is 0 Å². The Morgan fingerprint density at radius 3 is 2.66 bits per heavy atom. The van der Waals surface area contributed by atoms with Gasteiger partial charge in [-0.05, 0) is 51.8 Å². The quantitative estimate of drug-likeness (QED) is 0.201. The molecule has 2 atom stereocenters. The summed E-state index contributed by atoms with van der Waals surface area (Å²) in [7, 11) is 0. The molecule has 2 unspecified atom stereocenters. The molecule has 38 heavy (non-hydrogen) atoms. The van der Waals surface area contributed by atoms with Crippen molar-refractivity contribution in [2.24, 2.45) is 0 Å². The van der Waals surface area contributed by atoms with E-state index in [1.165, 1.54) is 31.0 Å². The predicted molar refractivity (Wildman–Crippen MR) is 154 cm³/mol. The lowest BCUT2D eigenvalue weighted by Gasteiger charge is -2.40. The summed E-state index contributed by atoms with van der Waals surface area (Å²) in [5.41, 5.74) is 0.512. The Kier molecular flexibility index (Phi) is 10.5. The predicted octanol–water partition coefficient (Wildman–Crippen LogP) is 4.61. The van der Waals surface area contributed by atoms with Gasteiger partial charge in [0.05, 0.1) is 16.3 Å². The first-order valence-corrected chi connectivity index (χ1v) is 15.0. The summed E-state index contributed by atoms with van der Waals surface area (Å²) in [5.74, 6) is 0.819. The van der Waals surface area contributed by atoms with Crippen LogP contribution >= 0.6 is 35.0 Å². The van der Waals surface area contributed by atoms with Gasteiger partial charge < -0.3 is 20.0 Å². The lowest BCUT2D eigenvalue weighted by Crippen LogP contribution is -2.54. The highest BCUT2D eigenvalue weighted by Crippen LogP contribution is 2.26. The van der Waals surface area contributed by atoms with Gasteiger partial charge in [0.25, 0.3) is 5.91 Å². The lowest BCUT2D eigenvalue weighted by molar-refractivity contribution is -0.118. The number of carbonyl (C=O) groups is 2. The van der Waals surface area contributed by atoms with Gasteiger partial charge in [0, 0.05) is 50.9 Å². The van der Waals surface area contributed by atoms with Crippen molar-refractivity contribution in [2.75, 3.05) is 49.9 Å². The second-order valence-corrected chi connectivity index (χ2v) is 11.7. The molecule has 0 spiro atoms. The van der Waals surface area contributed by atoms with E-state index in [2.05, 4.69) is 32.0 Å². The number of nitrogens with one attached hydrogen (secondary N) is 1. The van der Waals surface area contributed by atoms with E-state index in [4.69, 9.17) is 23.2 Å². The van der Waals surface area contributed by atoms with E-state index in [1.807, 2.05) is 24.0 Å². The maximum atomic E-state index is 13.1. The number of anilines is 1. The molecule has 2 aliphatic heterocycles. The molecule has 2 fully saturated rings. The summed E-state index contributed by atoms with van der Waals surface area (Å²) in [6.45, 7) is 8.88. The monoisotopic (exact) mass is 578 g/mol. The van der Waals surface area contributed by atoms with Gasteiger partial charge in [-0.3, -0.25) is 9.59 Å².